The molecule has 0 amide bonds. The lowest BCUT2D eigenvalue weighted by atomic mass is 10.2. The minimum atomic E-state index is -0.557. The molecular weight excluding hydrogens is 254 g/mol. The number of rotatable bonds is 3. The van der Waals surface area contributed by atoms with Crippen molar-refractivity contribution < 1.29 is 5.11 Å². The van der Waals surface area contributed by atoms with Crippen LogP contribution in [-0.2, 0) is 6.42 Å². The number of aryl methyl sites for hydroxylation is 1. The second-order valence-electron chi connectivity index (χ2n) is 3.87. The Labute approximate surface area is 106 Å². The Morgan fingerprint density at radius 2 is 2.29 bits per heavy atom. The third kappa shape index (κ3) is 2.11. The van der Waals surface area contributed by atoms with Crippen molar-refractivity contribution in [2.45, 2.75) is 19.4 Å². The quantitative estimate of drug-likeness (QED) is 0.791. The molecule has 0 aromatic carbocycles. The standard InChI is InChI=1S/C11H11N3OS2/c1-7-6-17-10(12-7)9(15)4-8-5-14-2-3-16-11(14)13-8/h2-3,5-6,9,15H,4H2,1H3. The number of hydrogen-bond donors (Lipinski definition) is 1. The molecule has 0 saturated heterocycles. The Kier molecular flexibility index (Phi) is 2.70. The molecule has 1 unspecified atom stereocenters. The first-order valence-corrected chi connectivity index (χ1v) is 6.99. The minimum absolute atomic E-state index is 0.515. The zero-order chi connectivity index (χ0) is 11.8. The minimum Gasteiger partial charge on any atom is -0.386 e. The molecule has 0 aliphatic rings. The third-order valence-corrected chi connectivity index (χ3v) is 4.30. The number of nitrogens with zero attached hydrogens (tertiary/aromatic N) is 3. The lowest BCUT2D eigenvalue weighted by Crippen LogP contribution is -2.01. The summed E-state index contributed by atoms with van der Waals surface area (Å²) in [6.45, 7) is 1.93. The Morgan fingerprint density at radius 3 is 3.00 bits per heavy atom. The van der Waals surface area contributed by atoms with Gasteiger partial charge in [-0.2, -0.15) is 0 Å². The molecule has 88 valence electrons. The molecule has 0 aliphatic carbocycles. The molecule has 3 heterocycles. The summed E-state index contributed by atoms with van der Waals surface area (Å²) < 4.78 is 1.97. The maximum absolute atomic E-state index is 10.1. The number of hydrogen-bond acceptors (Lipinski definition) is 5. The molecule has 0 saturated carbocycles. The summed E-state index contributed by atoms with van der Waals surface area (Å²) in [5.74, 6) is 0. The number of fused-ring (bicyclic) bond motifs is 1. The van der Waals surface area contributed by atoms with E-state index in [0.717, 1.165) is 21.4 Å². The average Bonchev–Trinajstić information content (AvgIpc) is 2.92. The van der Waals surface area contributed by atoms with Crippen molar-refractivity contribution in [1.82, 2.24) is 14.4 Å². The van der Waals surface area contributed by atoms with Crippen LogP contribution in [0.1, 0.15) is 22.5 Å². The van der Waals surface area contributed by atoms with Crippen LogP contribution in [-0.4, -0.2) is 19.5 Å². The van der Waals surface area contributed by atoms with Crippen LogP contribution in [0.3, 0.4) is 0 Å². The molecule has 0 bridgehead atoms. The van der Waals surface area contributed by atoms with Gasteiger partial charge in [-0.3, -0.25) is 4.40 Å². The maximum Gasteiger partial charge on any atom is 0.193 e. The van der Waals surface area contributed by atoms with Crippen molar-refractivity contribution in [3.05, 3.63) is 39.5 Å². The summed E-state index contributed by atoms with van der Waals surface area (Å²) in [6.07, 6.45) is 3.88. The van der Waals surface area contributed by atoms with Gasteiger partial charge < -0.3 is 5.11 Å². The molecule has 17 heavy (non-hydrogen) atoms. The molecule has 3 aromatic rings. The lowest BCUT2D eigenvalue weighted by Gasteiger charge is -2.03. The zero-order valence-corrected chi connectivity index (χ0v) is 10.8. The van der Waals surface area contributed by atoms with Crippen molar-refractivity contribution in [2.75, 3.05) is 0 Å². The normalized spacial score (nSPS) is 13.3. The SMILES string of the molecule is Cc1csc(C(O)Cc2cn3ccsc3n2)n1. The Morgan fingerprint density at radius 1 is 1.41 bits per heavy atom. The molecule has 0 fully saturated rings. The van der Waals surface area contributed by atoms with Crippen LogP contribution in [0.2, 0.25) is 0 Å². The first-order valence-electron chi connectivity index (χ1n) is 5.23. The molecule has 6 heteroatoms. The van der Waals surface area contributed by atoms with E-state index < -0.39 is 6.10 Å². The van der Waals surface area contributed by atoms with Gasteiger partial charge in [0.2, 0.25) is 0 Å². The first-order chi connectivity index (χ1) is 8.22. The van der Waals surface area contributed by atoms with Crippen LogP contribution in [0.5, 0.6) is 0 Å². The molecule has 0 spiro atoms. The Balaban J connectivity index is 1.80. The van der Waals surface area contributed by atoms with Gasteiger partial charge in [0.05, 0.1) is 5.69 Å². The van der Waals surface area contributed by atoms with E-state index in [1.54, 1.807) is 11.3 Å². The van der Waals surface area contributed by atoms with Crippen molar-refractivity contribution in [3.8, 4) is 0 Å². The van der Waals surface area contributed by atoms with Crippen molar-refractivity contribution in [1.29, 1.82) is 0 Å². The molecular formula is C11H11N3OS2. The molecule has 3 aromatic heterocycles. The van der Waals surface area contributed by atoms with Crippen LogP contribution >= 0.6 is 22.7 Å². The highest BCUT2D eigenvalue weighted by atomic mass is 32.1. The van der Waals surface area contributed by atoms with Gasteiger partial charge in [0.1, 0.15) is 11.1 Å². The fourth-order valence-electron chi connectivity index (χ4n) is 1.69. The average molecular weight is 265 g/mol. The highest BCUT2D eigenvalue weighted by molar-refractivity contribution is 7.15. The van der Waals surface area contributed by atoms with Crippen LogP contribution in [0, 0.1) is 6.92 Å². The van der Waals surface area contributed by atoms with E-state index in [1.807, 2.05) is 34.5 Å². The number of aliphatic hydroxyl groups is 1. The van der Waals surface area contributed by atoms with E-state index >= 15 is 0 Å². The van der Waals surface area contributed by atoms with Crippen LogP contribution < -0.4 is 0 Å². The van der Waals surface area contributed by atoms with Gasteiger partial charge in [0.25, 0.3) is 0 Å². The monoisotopic (exact) mass is 265 g/mol. The Hall–Kier alpha value is -1.24. The number of imidazole rings is 1. The summed E-state index contributed by atoms with van der Waals surface area (Å²) >= 11 is 3.09. The van der Waals surface area contributed by atoms with Crippen LogP contribution in [0.4, 0.5) is 0 Å². The maximum atomic E-state index is 10.1. The second-order valence-corrected chi connectivity index (χ2v) is 5.63. The van der Waals surface area contributed by atoms with Gasteiger partial charge in [-0.15, -0.1) is 22.7 Å². The summed E-state index contributed by atoms with van der Waals surface area (Å²) in [7, 11) is 0. The highest BCUT2D eigenvalue weighted by Crippen LogP contribution is 2.22. The number of thiazole rings is 2. The molecule has 4 nitrogen and oxygen atoms in total. The summed E-state index contributed by atoms with van der Waals surface area (Å²) in [6, 6.07) is 0. The van der Waals surface area contributed by atoms with Crippen LogP contribution in [0.15, 0.2) is 23.2 Å². The predicted molar refractivity (Wildman–Crippen MR) is 68.6 cm³/mol. The largest absolute Gasteiger partial charge is 0.386 e. The summed E-state index contributed by atoms with van der Waals surface area (Å²) in [4.78, 5) is 9.69. The van der Waals surface area contributed by atoms with Gasteiger partial charge in [0.15, 0.2) is 4.96 Å². The van der Waals surface area contributed by atoms with Gasteiger partial charge in [0, 0.05) is 35.3 Å². The fourth-order valence-corrected chi connectivity index (χ4v) is 3.19. The van der Waals surface area contributed by atoms with Crippen LogP contribution in [0.25, 0.3) is 4.96 Å². The van der Waals surface area contributed by atoms with Crippen molar-refractivity contribution >= 4 is 27.6 Å². The number of aliphatic hydroxyl groups excluding tert-OH is 1. The molecule has 3 rings (SSSR count). The van der Waals surface area contributed by atoms with E-state index in [4.69, 9.17) is 0 Å². The molecule has 0 aliphatic heterocycles. The predicted octanol–water partition coefficient (Wildman–Crippen LogP) is 2.44. The van der Waals surface area contributed by atoms with E-state index in [2.05, 4.69) is 9.97 Å². The molecule has 1 atom stereocenters. The lowest BCUT2D eigenvalue weighted by molar-refractivity contribution is 0.177. The third-order valence-electron chi connectivity index (χ3n) is 2.47. The Bertz CT molecular complexity index is 611. The van der Waals surface area contributed by atoms with Gasteiger partial charge in [-0.25, -0.2) is 9.97 Å². The van der Waals surface area contributed by atoms with Gasteiger partial charge in [-0.1, -0.05) is 0 Å². The summed E-state index contributed by atoms with van der Waals surface area (Å²) in [5.41, 5.74) is 1.85. The highest BCUT2D eigenvalue weighted by Gasteiger charge is 2.14. The van der Waals surface area contributed by atoms with Gasteiger partial charge >= 0.3 is 0 Å². The second kappa shape index (κ2) is 4.21. The van der Waals surface area contributed by atoms with E-state index in [9.17, 15) is 5.11 Å². The smallest absolute Gasteiger partial charge is 0.193 e. The van der Waals surface area contributed by atoms with E-state index in [-0.39, 0.29) is 0 Å². The summed E-state index contributed by atoms with van der Waals surface area (Å²) in [5, 5.41) is 14.8. The fraction of sp³-hybridized carbons (Fsp3) is 0.273. The van der Waals surface area contributed by atoms with E-state index in [1.165, 1.54) is 11.3 Å². The zero-order valence-electron chi connectivity index (χ0n) is 9.20. The van der Waals surface area contributed by atoms with Crippen molar-refractivity contribution in [3.63, 3.8) is 0 Å². The number of aromatic nitrogens is 3. The van der Waals surface area contributed by atoms with Crippen molar-refractivity contribution in [2.24, 2.45) is 0 Å². The topological polar surface area (TPSA) is 50.4 Å². The molecule has 1 N–H and O–H groups in total. The first kappa shape index (κ1) is 10.9. The molecule has 0 radical (unpaired) electrons. The van der Waals surface area contributed by atoms with Gasteiger partial charge in [-0.05, 0) is 6.92 Å². The van der Waals surface area contributed by atoms with E-state index in [0.29, 0.717) is 6.42 Å².